The van der Waals surface area contributed by atoms with Crippen LogP contribution < -0.4 is 15.4 Å². The quantitative estimate of drug-likeness (QED) is 0.420. The standard InChI is InChI=1S/C19H25N3O3S/c1-20-19(21-13-6-14-25-17-7-4-3-5-8-17)22-15-16-9-11-18(12-10-16)26(2,23)24/h3-5,7-12H,6,13-15H2,1-2H3,(H2,20,21,22). The number of nitrogens with zero attached hydrogens (tertiary/aromatic N) is 1. The third-order valence-corrected chi connectivity index (χ3v) is 4.79. The highest BCUT2D eigenvalue weighted by Crippen LogP contribution is 2.10. The van der Waals surface area contributed by atoms with E-state index in [4.69, 9.17) is 4.74 Å². The van der Waals surface area contributed by atoms with Crippen molar-refractivity contribution < 1.29 is 13.2 Å². The number of para-hydroxylation sites is 1. The molecule has 7 heteroatoms. The molecule has 0 spiro atoms. The van der Waals surface area contributed by atoms with Crippen molar-refractivity contribution in [3.05, 3.63) is 60.2 Å². The number of hydrogen-bond acceptors (Lipinski definition) is 4. The molecule has 0 heterocycles. The van der Waals surface area contributed by atoms with Crippen molar-refractivity contribution in [2.45, 2.75) is 17.9 Å². The molecule has 2 aromatic carbocycles. The molecule has 0 amide bonds. The maximum absolute atomic E-state index is 11.5. The number of aliphatic imine (C=N–C) groups is 1. The molecule has 0 saturated carbocycles. The highest BCUT2D eigenvalue weighted by molar-refractivity contribution is 7.90. The van der Waals surface area contributed by atoms with Gasteiger partial charge in [0, 0.05) is 26.4 Å². The van der Waals surface area contributed by atoms with Crippen LogP contribution in [0.15, 0.2) is 64.5 Å². The summed E-state index contributed by atoms with van der Waals surface area (Å²) in [4.78, 5) is 4.49. The lowest BCUT2D eigenvalue weighted by molar-refractivity contribution is 0.311. The van der Waals surface area contributed by atoms with Crippen molar-refractivity contribution in [1.29, 1.82) is 0 Å². The van der Waals surface area contributed by atoms with Crippen LogP contribution in [-0.2, 0) is 16.4 Å². The van der Waals surface area contributed by atoms with Crippen LogP contribution in [-0.4, -0.2) is 40.8 Å². The summed E-state index contributed by atoms with van der Waals surface area (Å²) >= 11 is 0. The van der Waals surface area contributed by atoms with Gasteiger partial charge in [-0.2, -0.15) is 0 Å². The molecule has 0 fully saturated rings. The maximum Gasteiger partial charge on any atom is 0.191 e. The van der Waals surface area contributed by atoms with Gasteiger partial charge in [0.1, 0.15) is 5.75 Å². The van der Waals surface area contributed by atoms with Gasteiger partial charge in [-0.1, -0.05) is 30.3 Å². The number of guanidine groups is 1. The second-order valence-electron chi connectivity index (χ2n) is 5.78. The largest absolute Gasteiger partial charge is 0.494 e. The predicted octanol–water partition coefficient (Wildman–Crippen LogP) is 2.22. The van der Waals surface area contributed by atoms with Gasteiger partial charge in [-0.25, -0.2) is 8.42 Å². The highest BCUT2D eigenvalue weighted by Gasteiger charge is 2.06. The van der Waals surface area contributed by atoms with Crippen molar-refractivity contribution in [3.63, 3.8) is 0 Å². The summed E-state index contributed by atoms with van der Waals surface area (Å²) in [6.45, 7) is 1.92. The van der Waals surface area contributed by atoms with Gasteiger partial charge in [-0.15, -0.1) is 0 Å². The molecular weight excluding hydrogens is 350 g/mol. The molecule has 0 bridgehead atoms. The average molecular weight is 375 g/mol. The van der Waals surface area contributed by atoms with E-state index in [-0.39, 0.29) is 0 Å². The molecule has 0 aromatic heterocycles. The van der Waals surface area contributed by atoms with Crippen molar-refractivity contribution >= 4 is 15.8 Å². The predicted molar refractivity (Wildman–Crippen MR) is 104 cm³/mol. The van der Waals surface area contributed by atoms with Gasteiger partial charge in [-0.05, 0) is 36.2 Å². The van der Waals surface area contributed by atoms with E-state index in [1.165, 1.54) is 6.26 Å². The Morgan fingerprint density at radius 3 is 2.35 bits per heavy atom. The Hall–Kier alpha value is -2.54. The van der Waals surface area contributed by atoms with Crippen LogP contribution in [0.25, 0.3) is 0 Å². The van der Waals surface area contributed by atoms with E-state index in [1.807, 2.05) is 30.3 Å². The van der Waals surface area contributed by atoms with Crippen LogP contribution in [0, 0.1) is 0 Å². The molecular formula is C19H25N3O3S. The van der Waals surface area contributed by atoms with Crippen molar-refractivity contribution in [2.24, 2.45) is 4.99 Å². The Morgan fingerprint density at radius 2 is 1.73 bits per heavy atom. The van der Waals surface area contributed by atoms with E-state index in [1.54, 1.807) is 31.3 Å². The fraction of sp³-hybridized carbons (Fsp3) is 0.316. The zero-order valence-corrected chi connectivity index (χ0v) is 15.9. The average Bonchev–Trinajstić information content (AvgIpc) is 2.64. The molecule has 0 saturated heterocycles. The Bertz CT molecular complexity index is 804. The third kappa shape index (κ3) is 6.76. The lowest BCUT2D eigenvalue weighted by Crippen LogP contribution is -2.37. The Balaban J connectivity index is 1.69. The van der Waals surface area contributed by atoms with E-state index >= 15 is 0 Å². The Morgan fingerprint density at radius 1 is 1.04 bits per heavy atom. The topological polar surface area (TPSA) is 79.8 Å². The highest BCUT2D eigenvalue weighted by atomic mass is 32.2. The zero-order chi connectivity index (χ0) is 18.8. The molecule has 2 N–H and O–H groups in total. The number of sulfone groups is 1. The van der Waals surface area contributed by atoms with E-state index < -0.39 is 9.84 Å². The Kier molecular flexibility index (Phi) is 7.47. The SMILES string of the molecule is CN=C(NCCCOc1ccccc1)NCc1ccc(S(C)(=O)=O)cc1. The number of nitrogens with one attached hydrogen (secondary N) is 2. The first-order valence-electron chi connectivity index (χ1n) is 8.40. The molecule has 0 aliphatic heterocycles. The first-order chi connectivity index (χ1) is 12.5. The summed E-state index contributed by atoms with van der Waals surface area (Å²) in [7, 11) is -1.45. The molecule has 140 valence electrons. The number of benzene rings is 2. The Labute approximate surface area is 155 Å². The summed E-state index contributed by atoms with van der Waals surface area (Å²) in [5.74, 6) is 1.56. The molecule has 2 aromatic rings. The molecule has 0 unspecified atom stereocenters. The van der Waals surface area contributed by atoms with Gasteiger partial charge < -0.3 is 15.4 Å². The minimum Gasteiger partial charge on any atom is -0.494 e. The van der Waals surface area contributed by atoms with Gasteiger partial charge >= 0.3 is 0 Å². The fourth-order valence-corrected chi connectivity index (χ4v) is 2.88. The van der Waals surface area contributed by atoms with E-state index in [0.717, 1.165) is 24.3 Å². The van der Waals surface area contributed by atoms with E-state index in [2.05, 4.69) is 15.6 Å². The minimum atomic E-state index is -3.16. The molecule has 2 rings (SSSR count). The van der Waals surface area contributed by atoms with E-state index in [9.17, 15) is 8.42 Å². The summed E-state index contributed by atoms with van der Waals surface area (Å²) < 4.78 is 28.6. The van der Waals surface area contributed by atoms with Crippen molar-refractivity contribution in [3.8, 4) is 5.75 Å². The van der Waals surface area contributed by atoms with Gasteiger partial charge in [0.25, 0.3) is 0 Å². The summed E-state index contributed by atoms with van der Waals surface area (Å²) in [6.07, 6.45) is 2.05. The first-order valence-corrected chi connectivity index (χ1v) is 10.3. The first kappa shape index (κ1) is 19.8. The fourth-order valence-electron chi connectivity index (χ4n) is 2.25. The number of rotatable bonds is 8. The van der Waals surface area contributed by atoms with Gasteiger partial charge in [-0.3, -0.25) is 4.99 Å². The van der Waals surface area contributed by atoms with Gasteiger partial charge in [0.05, 0.1) is 11.5 Å². The lowest BCUT2D eigenvalue weighted by Gasteiger charge is -2.12. The van der Waals surface area contributed by atoms with Crippen molar-refractivity contribution in [1.82, 2.24) is 10.6 Å². The van der Waals surface area contributed by atoms with Gasteiger partial charge in [0.2, 0.25) is 0 Å². The van der Waals surface area contributed by atoms with Crippen LogP contribution in [0.2, 0.25) is 0 Å². The van der Waals surface area contributed by atoms with Crippen LogP contribution in [0.3, 0.4) is 0 Å². The second-order valence-corrected chi connectivity index (χ2v) is 7.80. The third-order valence-electron chi connectivity index (χ3n) is 3.66. The molecule has 0 aliphatic rings. The molecule has 0 atom stereocenters. The zero-order valence-electron chi connectivity index (χ0n) is 15.1. The minimum absolute atomic E-state index is 0.321. The van der Waals surface area contributed by atoms with E-state index in [0.29, 0.717) is 24.0 Å². The smallest absolute Gasteiger partial charge is 0.191 e. The number of hydrogen-bond donors (Lipinski definition) is 2. The molecule has 0 radical (unpaired) electrons. The molecule has 0 aliphatic carbocycles. The van der Waals surface area contributed by atoms with Gasteiger partial charge in [0.15, 0.2) is 15.8 Å². The number of ether oxygens (including phenoxy) is 1. The second kappa shape index (κ2) is 9.82. The normalized spacial score (nSPS) is 11.8. The van der Waals surface area contributed by atoms with Crippen LogP contribution in [0.1, 0.15) is 12.0 Å². The monoisotopic (exact) mass is 375 g/mol. The molecule has 26 heavy (non-hydrogen) atoms. The van der Waals surface area contributed by atoms with Crippen LogP contribution in [0.5, 0.6) is 5.75 Å². The summed E-state index contributed by atoms with van der Waals surface area (Å²) in [5.41, 5.74) is 0.979. The van der Waals surface area contributed by atoms with Crippen molar-refractivity contribution in [2.75, 3.05) is 26.5 Å². The molecule has 6 nitrogen and oxygen atoms in total. The lowest BCUT2D eigenvalue weighted by atomic mass is 10.2. The summed E-state index contributed by atoms with van der Waals surface area (Å²) in [6, 6.07) is 16.5. The maximum atomic E-state index is 11.5. The van der Waals surface area contributed by atoms with Crippen LogP contribution in [0.4, 0.5) is 0 Å². The van der Waals surface area contributed by atoms with Crippen LogP contribution >= 0.6 is 0 Å². The summed E-state index contributed by atoms with van der Waals surface area (Å²) in [5, 5.41) is 6.43.